The number of benzene rings is 1. The lowest BCUT2D eigenvalue weighted by molar-refractivity contribution is -0.138. The van der Waals surface area contributed by atoms with Crippen LogP contribution < -0.4 is 11.1 Å². The molecule has 0 aliphatic carbocycles. The molecule has 3 nitrogen and oxygen atoms in total. The predicted molar refractivity (Wildman–Crippen MR) is 78.8 cm³/mol. The topological polar surface area (TPSA) is 50.9 Å². The van der Waals surface area contributed by atoms with Crippen molar-refractivity contribution in [2.45, 2.75) is 6.18 Å². The highest BCUT2D eigenvalue weighted by molar-refractivity contribution is 9.10. The fraction of sp³-hybridized carbons (Fsp3) is 0.0833. The largest absolute Gasteiger partial charge is 0.417 e. The SMILES string of the molecule is Nc1cnc(Nc2ccc(Br)c(C(F)(F)F)c2)c(Br)c1. The summed E-state index contributed by atoms with van der Waals surface area (Å²) in [5.74, 6) is 0.384. The van der Waals surface area contributed by atoms with Crippen LogP contribution in [0.15, 0.2) is 39.4 Å². The zero-order valence-electron chi connectivity index (χ0n) is 9.80. The van der Waals surface area contributed by atoms with Crippen molar-refractivity contribution in [2.75, 3.05) is 11.1 Å². The first kappa shape index (κ1) is 15.1. The van der Waals surface area contributed by atoms with E-state index in [9.17, 15) is 13.2 Å². The van der Waals surface area contributed by atoms with Gasteiger partial charge in [-0.3, -0.25) is 0 Å². The van der Waals surface area contributed by atoms with Crippen molar-refractivity contribution in [1.29, 1.82) is 0 Å². The first-order valence-electron chi connectivity index (χ1n) is 5.32. The number of nitrogens with two attached hydrogens (primary N) is 1. The number of nitrogens with zero attached hydrogens (tertiary/aromatic N) is 1. The molecule has 1 aromatic heterocycles. The number of aromatic nitrogens is 1. The Morgan fingerprint density at radius 1 is 1.10 bits per heavy atom. The van der Waals surface area contributed by atoms with Gasteiger partial charge in [-0.1, -0.05) is 15.9 Å². The third kappa shape index (κ3) is 3.43. The van der Waals surface area contributed by atoms with Crippen LogP contribution in [0.3, 0.4) is 0 Å². The summed E-state index contributed by atoms with van der Waals surface area (Å²) >= 11 is 6.13. The molecular weight excluding hydrogens is 403 g/mol. The number of nitrogen functional groups attached to an aromatic ring is 1. The van der Waals surface area contributed by atoms with Crippen molar-refractivity contribution in [3.05, 3.63) is 45.0 Å². The summed E-state index contributed by atoms with van der Waals surface area (Å²) in [4.78, 5) is 4.01. The summed E-state index contributed by atoms with van der Waals surface area (Å²) in [5, 5.41) is 2.80. The zero-order chi connectivity index (χ0) is 14.9. The molecule has 1 heterocycles. The smallest absolute Gasteiger partial charge is 0.397 e. The van der Waals surface area contributed by atoms with Crippen molar-refractivity contribution < 1.29 is 13.2 Å². The van der Waals surface area contributed by atoms with Crippen molar-refractivity contribution in [3.8, 4) is 0 Å². The predicted octanol–water partition coefficient (Wildman–Crippen LogP) is 4.95. The van der Waals surface area contributed by atoms with Crippen LogP contribution in [0.1, 0.15) is 5.56 Å². The van der Waals surface area contributed by atoms with Gasteiger partial charge < -0.3 is 11.1 Å². The molecule has 2 aromatic rings. The summed E-state index contributed by atoms with van der Waals surface area (Å²) in [7, 11) is 0. The minimum atomic E-state index is -4.43. The molecule has 8 heteroatoms. The average molecular weight is 411 g/mol. The maximum Gasteiger partial charge on any atom is 0.417 e. The Morgan fingerprint density at radius 2 is 1.80 bits per heavy atom. The lowest BCUT2D eigenvalue weighted by Gasteiger charge is -2.13. The van der Waals surface area contributed by atoms with Gasteiger partial charge >= 0.3 is 6.18 Å². The molecule has 106 valence electrons. The maximum atomic E-state index is 12.8. The van der Waals surface area contributed by atoms with Crippen LogP contribution in [0.2, 0.25) is 0 Å². The molecule has 0 saturated heterocycles. The number of hydrogen-bond donors (Lipinski definition) is 2. The minimum absolute atomic E-state index is 0.0140. The molecule has 3 N–H and O–H groups in total. The Labute approximate surface area is 129 Å². The molecule has 1 aromatic carbocycles. The fourth-order valence-electron chi connectivity index (χ4n) is 1.50. The van der Waals surface area contributed by atoms with Crippen molar-refractivity contribution in [1.82, 2.24) is 4.98 Å². The van der Waals surface area contributed by atoms with Gasteiger partial charge in [0.2, 0.25) is 0 Å². The number of alkyl halides is 3. The van der Waals surface area contributed by atoms with E-state index in [1.807, 2.05) is 0 Å². The molecule has 0 fully saturated rings. The highest BCUT2D eigenvalue weighted by atomic mass is 79.9. The van der Waals surface area contributed by atoms with Gasteiger partial charge in [0, 0.05) is 10.2 Å². The lowest BCUT2D eigenvalue weighted by Crippen LogP contribution is -2.07. The molecule has 0 unspecified atom stereocenters. The monoisotopic (exact) mass is 409 g/mol. The van der Waals surface area contributed by atoms with Crippen LogP contribution in [0.5, 0.6) is 0 Å². The number of hydrogen-bond acceptors (Lipinski definition) is 3. The molecule has 0 amide bonds. The van der Waals surface area contributed by atoms with Crippen LogP contribution in [0.25, 0.3) is 0 Å². The minimum Gasteiger partial charge on any atom is -0.397 e. The van der Waals surface area contributed by atoms with E-state index in [2.05, 4.69) is 42.2 Å². The maximum absolute atomic E-state index is 12.8. The van der Waals surface area contributed by atoms with Crippen LogP contribution in [-0.2, 0) is 6.18 Å². The number of nitrogens with one attached hydrogen (secondary N) is 1. The Hall–Kier alpha value is -1.28. The van der Waals surface area contributed by atoms with E-state index < -0.39 is 11.7 Å². The molecule has 0 radical (unpaired) electrons. The highest BCUT2D eigenvalue weighted by Crippen LogP contribution is 2.37. The molecular formula is C12H8Br2F3N3. The molecule has 0 bridgehead atoms. The zero-order valence-corrected chi connectivity index (χ0v) is 13.0. The van der Waals surface area contributed by atoms with Crippen LogP contribution in [0, 0.1) is 0 Å². The molecule has 20 heavy (non-hydrogen) atoms. The molecule has 0 spiro atoms. The summed E-state index contributed by atoms with van der Waals surface area (Å²) in [6.45, 7) is 0. The van der Waals surface area contributed by atoms with Gasteiger partial charge in [-0.2, -0.15) is 13.2 Å². The average Bonchev–Trinajstić information content (AvgIpc) is 2.33. The van der Waals surface area contributed by atoms with E-state index >= 15 is 0 Å². The van der Waals surface area contributed by atoms with E-state index in [1.165, 1.54) is 18.3 Å². The first-order valence-corrected chi connectivity index (χ1v) is 6.91. The van der Waals surface area contributed by atoms with E-state index in [-0.39, 0.29) is 10.2 Å². The van der Waals surface area contributed by atoms with Gasteiger partial charge in [0.15, 0.2) is 0 Å². The van der Waals surface area contributed by atoms with E-state index in [0.717, 1.165) is 6.07 Å². The van der Waals surface area contributed by atoms with Gasteiger partial charge in [0.05, 0.1) is 21.9 Å². The number of anilines is 3. The lowest BCUT2D eigenvalue weighted by atomic mass is 10.2. The van der Waals surface area contributed by atoms with Crippen LogP contribution in [0.4, 0.5) is 30.4 Å². The summed E-state index contributed by atoms with van der Waals surface area (Å²) in [6, 6.07) is 5.47. The highest BCUT2D eigenvalue weighted by Gasteiger charge is 2.33. The fourth-order valence-corrected chi connectivity index (χ4v) is 2.44. The van der Waals surface area contributed by atoms with Crippen molar-refractivity contribution >= 4 is 49.1 Å². The van der Waals surface area contributed by atoms with Gasteiger partial charge in [-0.15, -0.1) is 0 Å². The van der Waals surface area contributed by atoms with Gasteiger partial charge in [-0.05, 0) is 40.2 Å². The second-order valence-electron chi connectivity index (χ2n) is 3.92. The van der Waals surface area contributed by atoms with E-state index in [1.54, 1.807) is 6.07 Å². The Balaban J connectivity index is 2.35. The van der Waals surface area contributed by atoms with Gasteiger partial charge in [-0.25, -0.2) is 4.98 Å². The van der Waals surface area contributed by atoms with Crippen LogP contribution >= 0.6 is 31.9 Å². The first-order chi connectivity index (χ1) is 9.27. The Bertz CT molecular complexity index is 644. The second kappa shape index (κ2) is 5.61. The molecule has 0 aliphatic rings. The molecule has 0 aliphatic heterocycles. The standard InChI is InChI=1S/C12H8Br2F3N3/c13-9-2-1-7(4-8(9)12(15,16)17)20-11-10(14)3-6(18)5-19-11/h1-5H,18H2,(H,19,20). The second-order valence-corrected chi connectivity index (χ2v) is 5.63. The Kier molecular flexibility index (Phi) is 4.24. The van der Waals surface area contributed by atoms with Crippen LogP contribution in [-0.4, -0.2) is 4.98 Å². The quantitative estimate of drug-likeness (QED) is 0.736. The molecule has 0 atom stereocenters. The molecule has 2 rings (SSSR count). The number of halogens is 5. The normalized spacial score (nSPS) is 11.4. The third-order valence-corrected chi connectivity index (χ3v) is 3.69. The third-order valence-electron chi connectivity index (χ3n) is 2.40. The van der Waals surface area contributed by atoms with E-state index in [0.29, 0.717) is 16.0 Å². The van der Waals surface area contributed by atoms with Gasteiger partial charge in [0.1, 0.15) is 5.82 Å². The van der Waals surface area contributed by atoms with Crippen molar-refractivity contribution in [2.24, 2.45) is 0 Å². The van der Waals surface area contributed by atoms with Gasteiger partial charge in [0.25, 0.3) is 0 Å². The molecule has 0 saturated carbocycles. The summed E-state index contributed by atoms with van der Waals surface area (Å²) in [6.07, 6.45) is -3.01. The number of rotatable bonds is 2. The van der Waals surface area contributed by atoms with E-state index in [4.69, 9.17) is 5.73 Å². The van der Waals surface area contributed by atoms with Crippen molar-refractivity contribution in [3.63, 3.8) is 0 Å². The summed E-state index contributed by atoms with van der Waals surface area (Å²) < 4.78 is 39.0. The number of pyridine rings is 1. The summed E-state index contributed by atoms with van der Waals surface area (Å²) in [5.41, 5.74) is 5.52. The Morgan fingerprint density at radius 3 is 2.40 bits per heavy atom.